The maximum atomic E-state index is 12.0. The van der Waals surface area contributed by atoms with Gasteiger partial charge in [0.05, 0.1) is 12.6 Å². The van der Waals surface area contributed by atoms with Gasteiger partial charge in [-0.3, -0.25) is 4.79 Å². The summed E-state index contributed by atoms with van der Waals surface area (Å²) in [5, 5.41) is 7.21. The zero-order valence-electron chi connectivity index (χ0n) is 11.1. The van der Waals surface area contributed by atoms with Crippen molar-refractivity contribution in [2.45, 2.75) is 6.04 Å². The monoisotopic (exact) mass is 259 g/mol. The van der Waals surface area contributed by atoms with Crippen LogP contribution >= 0.6 is 0 Å². The molecule has 100 valence electrons. The van der Waals surface area contributed by atoms with E-state index in [9.17, 15) is 4.79 Å². The molecule has 1 fully saturated rings. The molecule has 0 saturated carbocycles. The molecule has 3 rings (SSSR count). The molecular weight excluding hydrogens is 242 g/mol. The van der Waals surface area contributed by atoms with Gasteiger partial charge in [-0.15, -0.1) is 0 Å². The van der Waals surface area contributed by atoms with Crippen molar-refractivity contribution in [3.8, 4) is 5.75 Å². The molecule has 1 aliphatic rings. The lowest BCUT2D eigenvalue weighted by atomic mass is 10.0. The van der Waals surface area contributed by atoms with E-state index in [1.807, 2.05) is 36.0 Å². The van der Waals surface area contributed by atoms with Gasteiger partial charge < -0.3 is 19.9 Å². The van der Waals surface area contributed by atoms with E-state index in [0.717, 1.165) is 28.8 Å². The SMILES string of the molecule is COc1cccc2c(C3NCCNC3=O)cn(C)c12. The highest BCUT2D eigenvalue weighted by atomic mass is 16.5. The molecule has 19 heavy (non-hydrogen) atoms. The van der Waals surface area contributed by atoms with Gasteiger partial charge in [-0.2, -0.15) is 0 Å². The third kappa shape index (κ3) is 1.86. The van der Waals surface area contributed by atoms with Crippen molar-refractivity contribution >= 4 is 16.8 Å². The van der Waals surface area contributed by atoms with E-state index in [-0.39, 0.29) is 11.9 Å². The Morgan fingerprint density at radius 1 is 1.37 bits per heavy atom. The van der Waals surface area contributed by atoms with Crippen LogP contribution in [0.4, 0.5) is 0 Å². The topological polar surface area (TPSA) is 55.3 Å². The lowest BCUT2D eigenvalue weighted by Crippen LogP contribution is -2.47. The Bertz CT molecular complexity index is 633. The number of aromatic nitrogens is 1. The van der Waals surface area contributed by atoms with Crippen molar-refractivity contribution in [3.63, 3.8) is 0 Å². The molecule has 0 spiro atoms. The Morgan fingerprint density at radius 3 is 2.95 bits per heavy atom. The van der Waals surface area contributed by atoms with Crippen LogP contribution in [0.3, 0.4) is 0 Å². The lowest BCUT2D eigenvalue weighted by molar-refractivity contribution is -0.124. The van der Waals surface area contributed by atoms with E-state index in [1.165, 1.54) is 0 Å². The van der Waals surface area contributed by atoms with Crippen LogP contribution in [0.2, 0.25) is 0 Å². The summed E-state index contributed by atoms with van der Waals surface area (Å²) in [6.07, 6.45) is 2.00. The highest BCUT2D eigenvalue weighted by molar-refractivity contribution is 5.95. The fraction of sp³-hybridized carbons (Fsp3) is 0.357. The summed E-state index contributed by atoms with van der Waals surface area (Å²) in [7, 11) is 3.63. The number of carbonyl (C=O) groups excluding carboxylic acids is 1. The number of hydrogen-bond donors (Lipinski definition) is 2. The van der Waals surface area contributed by atoms with Crippen molar-refractivity contribution in [2.24, 2.45) is 7.05 Å². The van der Waals surface area contributed by atoms with Crippen LogP contribution in [0.15, 0.2) is 24.4 Å². The summed E-state index contributed by atoms with van der Waals surface area (Å²) in [6, 6.07) is 5.62. The van der Waals surface area contributed by atoms with Crippen LogP contribution in [0.5, 0.6) is 5.75 Å². The van der Waals surface area contributed by atoms with Gasteiger partial charge in [0.15, 0.2) is 0 Å². The van der Waals surface area contributed by atoms with Crippen molar-refractivity contribution in [3.05, 3.63) is 30.0 Å². The van der Waals surface area contributed by atoms with Crippen LogP contribution in [-0.2, 0) is 11.8 Å². The number of amides is 1. The number of piperazine rings is 1. The number of nitrogens with zero attached hydrogens (tertiary/aromatic N) is 1. The minimum absolute atomic E-state index is 0.0292. The minimum atomic E-state index is -0.287. The number of hydrogen-bond acceptors (Lipinski definition) is 3. The van der Waals surface area contributed by atoms with Gasteiger partial charge in [0, 0.05) is 37.3 Å². The first-order chi connectivity index (χ1) is 9.22. The standard InChI is InChI=1S/C14H17N3O2/c1-17-8-10(12-14(18)16-7-6-15-12)9-4-3-5-11(19-2)13(9)17/h3-5,8,12,15H,6-7H2,1-2H3,(H,16,18). The summed E-state index contributed by atoms with van der Waals surface area (Å²) >= 11 is 0. The number of carbonyl (C=O) groups is 1. The largest absolute Gasteiger partial charge is 0.495 e. The van der Waals surface area contributed by atoms with Gasteiger partial charge >= 0.3 is 0 Å². The van der Waals surface area contributed by atoms with Crippen LogP contribution < -0.4 is 15.4 Å². The second-order valence-corrected chi connectivity index (χ2v) is 4.73. The summed E-state index contributed by atoms with van der Waals surface area (Å²) in [4.78, 5) is 12.0. The number of fused-ring (bicyclic) bond motifs is 1. The van der Waals surface area contributed by atoms with E-state index in [2.05, 4.69) is 10.6 Å². The molecular formula is C14H17N3O2. The molecule has 1 amide bonds. The number of rotatable bonds is 2. The first kappa shape index (κ1) is 12.0. The Kier molecular flexibility index (Phi) is 2.91. The third-order valence-electron chi connectivity index (χ3n) is 3.56. The zero-order valence-corrected chi connectivity index (χ0v) is 11.1. The van der Waals surface area contributed by atoms with Crippen LogP contribution in [0, 0.1) is 0 Å². The lowest BCUT2D eigenvalue weighted by Gasteiger charge is -2.23. The maximum absolute atomic E-state index is 12.0. The average molecular weight is 259 g/mol. The van der Waals surface area contributed by atoms with Crippen molar-refractivity contribution in [1.82, 2.24) is 15.2 Å². The number of aryl methyl sites for hydroxylation is 1. The van der Waals surface area contributed by atoms with Crippen molar-refractivity contribution in [1.29, 1.82) is 0 Å². The number of benzene rings is 1. The van der Waals surface area contributed by atoms with E-state index in [1.54, 1.807) is 7.11 Å². The quantitative estimate of drug-likeness (QED) is 0.844. The molecule has 2 aromatic rings. The smallest absolute Gasteiger partial charge is 0.241 e. The molecule has 1 unspecified atom stereocenters. The molecule has 1 atom stereocenters. The van der Waals surface area contributed by atoms with E-state index in [0.29, 0.717) is 6.54 Å². The molecule has 5 heteroatoms. The minimum Gasteiger partial charge on any atom is -0.495 e. The van der Waals surface area contributed by atoms with Gasteiger partial charge in [-0.1, -0.05) is 12.1 Å². The van der Waals surface area contributed by atoms with Crippen molar-refractivity contribution in [2.75, 3.05) is 20.2 Å². The first-order valence-corrected chi connectivity index (χ1v) is 6.35. The Morgan fingerprint density at radius 2 is 2.21 bits per heavy atom. The van der Waals surface area contributed by atoms with Gasteiger partial charge in [-0.05, 0) is 6.07 Å². The average Bonchev–Trinajstić information content (AvgIpc) is 2.77. The van der Waals surface area contributed by atoms with Crippen LogP contribution in [0.1, 0.15) is 11.6 Å². The second kappa shape index (κ2) is 4.59. The number of methoxy groups -OCH3 is 1. The molecule has 1 aromatic heterocycles. The highest BCUT2D eigenvalue weighted by Crippen LogP contribution is 2.32. The Hall–Kier alpha value is -2.01. The zero-order chi connectivity index (χ0) is 13.4. The molecule has 0 radical (unpaired) electrons. The summed E-state index contributed by atoms with van der Waals surface area (Å²) in [6.45, 7) is 1.47. The van der Waals surface area contributed by atoms with Gasteiger partial charge in [0.25, 0.3) is 0 Å². The van der Waals surface area contributed by atoms with Crippen LogP contribution in [-0.4, -0.2) is 30.7 Å². The second-order valence-electron chi connectivity index (χ2n) is 4.73. The van der Waals surface area contributed by atoms with E-state index >= 15 is 0 Å². The van der Waals surface area contributed by atoms with E-state index < -0.39 is 0 Å². The predicted molar refractivity (Wildman–Crippen MR) is 73.2 cm³/mol. The highest BCUT2D eigenvalue weighted by Gasteiger charge is 2.26. The number of para-hydroxylation sites is 1. The summed E-state index contributed by atoms with van der Waals surface area (Å²) in [5.41, 5.74) is 2.01. The molecule has 2 heterocycles. The Labute approximate surface area is 111 Å². The fourth-order valence-electron chi connectivity index (χ4n) is 2.70. The Balaban J connectivity index is 2.17. The maximum Gasteiger partial charge on any atom is 0.241 e. The number of ether oxygens (including phenoxy) is 1. The van der Waals surface area contributed by atoms with Gasteiger partial charge in [0.1, 0.15) is 11.8 Å². The molecule has 5 nitrogen and oxygen atoms in total. The molecule has 2 N–H and O–H groups in total. The predicted octanol–water partition coefficient (Wildman–Crippen LogP) is 0.947. The molecule has 0 bridgehead atoms. The number of nitrogens with one attached hydrogen (secondary N) is 2. The molecule has 1 saturated heterocycles. The van der Waals surface area contributed by atoms with E-state index in [4.69, 9.17) is 4.74 Å². The summed E-state index contributed by atoms with van der Waals surface area (Å²) in [5.74, 6) is 0.851. The molecule has 1 aliphatic heterocycles. The third-order valence-corrected chi connectivity index (χ3v) is 3.56. The summed E-state index contributed by atoms with van der Waals surface area (Å²) < 4.78 is 7.40. The normalized spacial score (nSPS) is 19.5. The molecule has 0 aliphatic carbocycles. The van der Waals surface area contributed by atoms with Crippen molar-refractivity contribution < 1.29 is 9.53 Å². The first-order valence-electron chi connectivity index (χ1n) is 6.35. The van der Waals surface area contributed by atoms with Crippen LogP contribution in [0.25, 0.3) is 10.9 Å². The van der Waals surface area contributed by atoms with Gasteiger partial charge in [-0.25, -0.2) is 0 Å². The van der Waals surface area contributed by atoms with Gasteiger partial charge in [0.2, 0.25) is 5.91 Å². The molecule has 1 aromatic carbocycles. The fourth-order valence-corrected chi connectivity index (χ4v) is 2.70.